The van der Waals surface area contributed by atoms with Crippen LogP contribution in [0.1, 0.15) is 21.5 Å². The molecule has 2 rings (SSSR count). The summed E-state index contributed by atoms with van der Waals surface area (Å²) in [5.41, 5.74) is 2.97. The number of carbonyl (C=O) groups is 1. The monoisotopic (exact) mass is 228 g/mol. The molecule has 1 nitrogen and oxygen atoms in total. The molecule has 0 bridgehead atoms. The van der Waals surface area contributed by atoms with Crippen molar-refractivity contribution < 1.29 is 4.79 Å². The summed E-state index contributed by atoms with van der Waals surface area (Å²) in [6.45, 7) is 2.01. The van der Waals surface area contributed by atoms with Crippen LogP contribution in [0.2, 0.25) is 0 Å². The molecule has 0 amide bonds. The molecule has 0 saturated heterocycles. The van der Waals surface area contributed by atoms with Crippen LogP contribution >= 0.6 is 11.3 Å². The fourth-order valence-corrected chi connectivity index (χ4v) is 1.98. The third kappa shape index (κ3) is 2.67. The molecule has 0 spiro atoms. The second-order valence-corrected chi connectivity index (χ2v) is 4.40. The third-order valence-corrected chi connectivity index (χ3v) is 3.01. The average molecular weight is 228 g/mol. The summed E-state index contributed by atoms with van der Waals surface area (Å²) < 4.78 is 0. The minimum atomic E-state index is 0.0474. The van der Waals surface area contributed by atoms with E-state index in [1.807, 2.05) is 54.1 Å². The van der Waals surface area contributed by atoms with Crippen molar-refractivity contribution in [3.63, 3.8) is 0 Å². The first-order valence-electron chi connectivity index (χ1n) is 5.07. The molecular formula is C14H12OS. The van der Waals surface area contributed by atoms with Gasteiger partial charge in [0.1, 0.15) is 0 Å². The fourth-order valence-electron chi connectivity index (χ4n) is 1.36. The Labute approximate surface area is 99.1 Å². The number of hydrogen-bond donors (Lipinski definition) is 0. The lowest BCUT2D eigenvalue weighted by Gasteiger charge is -1.96. The quantitative estimate of drug-likeness (QED) is 0.574. The molecule has 0 aliphatic carbocycles. The van der Waals surface area contributed by atoms with E-state index in [1.54, 1.807) is 17.4 Å². The lowest BCUT2D eigenvalue weighted by molar-refractivity contribution is 0.104. The number of carbonyl (C=O) groups excluding carboxylic acids is 1. The molecule has 0 unspecified atom stereocenters. The highest BCUT2D eigenvalue weighted by Gasteiger charge is 2.00. The van der Waals surface area contributed by atoms with E-state index in [0.717, 1.165) is 11.1 Å². The second-order valence-electron chi connectivity index (χ2n) is 3.62. The van der Waals surface area contributed by atoms with Crippen molar-refractivity contribution in [2.24, 2.45) is 0 Å². The Morgan fingerprint density at radius 2 is 1.94 bits per heavy atom. The van der Waals surface area contributed by atoms with E-state index < -0.39 is 0 Å². The average Bonchev–Trinajstić information content (AvgIpc) is 2.80. The third-order valence-electron chi connectivity index (χ3n) is 2.31. The smallest absolute Gasteiger partial charge is 0.185 e. The summed E-state index contributed by atoms with van der Waals surface area (Å²) in [4.78, 5) is 11.8. The molecule has 16 heavy (non-hydrogen) atoms. The number of ketones is 1. The second kappa shape index (κ2) is 4.90. The van der Waals surface area contributed by atoms with Gasteiger partial charge in [0.15, 0.2) is 5.78 Å². The van der Waals surface area contributed by atoms with Gasteiger partial charge in [-0.05, 0) is 35.4 Å². The molecule has 0 fully saturated rings. The van der Waals surface area contributed by atoms with Gasteiger partial charge in [-0.3, -0.25) is 4.79 Å². The molecule has 0 N–H and O–H groups in total. The number of hydrogen-bond acceptors (Lipinski definition) is 2. The Morgan fingerprint density at radius 3 is 2.56 bits per heavy atom. The first-order valence-corrected chi connectivity index (χ1v) is 6.01. The molecule has 2 aromatic rings. The Morgan fingerprint density at radius 1 is 1.19 bits per heavy atom. The minimum absolute atomic E-state index is 0.0474. The number of benzene rings is 1. The minimum Gasteiger partial charge on any atom is -0.289 e. The van der Waals surface area contributed by atoms with Crippen LogP contribution in [0.15, 0.2) is 47.2 Å². The summed E-state index contributed by atoms with van der Waals surface area (Å²) in [6, 6.07) is 9.60. The van der Waals surface area contributed by atoms with Crippen LogP contribution in [0.3, 0.4) is 0 Å². The highest BCUT2D eigenvalue weighted by molar-refractivity contribution is 7.08. The lowest BCUT2D eigenvalue weighted by atomic mass is 10.1. The molecular weight excluding hydrogens is 216 g/mol. The Hall–Kier alpha value is -1.67. The predicted octanol–water partition coefficient (Wildman–Crippen LogP) is 3.95. The fraction of sp³-hybridized carbons (Fsp3) is 0.0714. The van der Waals surface area contributed by atoms with Crippen LogP contribution < -0.4 is 0 Å². The normalized spacial score (nSPS) is 10.8. The Kier molecular flexibility index (Phi) is 3.32. The number of rotatable bonds is 3. The van der Waals surface area contributed by atoms with Crippen molar-refractivity contribution in [1.29, 1.82) is 0 Å². The van der Waals surface area contributed by atoms with Crippen molar-refractivity contribution in [3.8, 4) is 0 Å². The molecule has 0 aliphatic rings. The standard InChI is InChI=1S/C14H12OS/c1-11-2-5-13(6-3-11)14(15)7-4-12-8-9-16-10-12/h2-10H,1H3. The highest BCUT2D eigenvalue weighted by atomic mass is 32.1. The van der Waals surface area contributed by atoms with Crippen LogP contribution in [0, 0.1) is 6.92 Å². The summed E-state index contributed by atoms with van der Waals surface area (Å²) in [5, 5.41) is 4.01. The van der Waals surface area contributed by atoms with E-state index in [-0.39, 0.29) is 5.78 Å². The molecule has 1 aromatic carbocycles. The van der Waals surface area contributed by atoms with Gasteiger partial charge in [-0.1, -0.05) is 35.9 Å². The maximum absolute atomic E-state index is 11.8. The zero-order chi connectivity index (χ0) is 11.4. The first kappa shape index (κ1) is 10.8. The molecule has 0 saturated carbocycles. The van der Waals surface area contributed by atoms with Crippen LogP contribution in [0.25, 0.3) is 6.08 Å². The van der Waals surface area contributed by atoms with Crippen molar-refractivity contribution >= 4 is 23.2 Å². The van der Waals surface area contributed by atoms with Gasteiger partial charge in [-0.2, -0.15) is 11.3 Å². The van der Waals surface area contributed by atoms with E-state index in [4.69, 9.17) is 0 Å². The van der Waals surface area contributed by atoms with Gasteiger partial charge in [0.05, 0.1) is 0 Å². The van der Waals surface area contributed by atoms with Crippen molar-refractivity contribution in [3.05, 3.63) is 63.9 Å². The first-order chi connectivity index (χ1) is 7.75. The summed E-state index contributed by atoms with van der Waals surface area (Å²) in [5.74, 6) is 0.0474. The molecule has 1 heterocycles. The van der Waals surface area contributed by atoms with Crippen molar-refractivity contribution in [2.75, 3.05) is 0 Å². The van der Waals surface area contributed by atoms with Gasteiger partial charge in [0.25, 0.3) is 0 Å². The van der Waals surface area contributed by atoms with E-state index in [2.05, 4.69) is 0 Å². The largest absolute Gasteiger partial charge is 0.289 e. The van der Waals surface area contributed by atoms with Gasteiger partial charge >= 0.3 is 0 Å². The van der Waals surface area contributed by atoms with Crippen LogP contribution in [0.4, 0.5) is 0 Å². The molecule has 0 radical (unpaired) electrons. The van der Waals surface area contributed by atoms with Gasteiger partial charge < -0.3 is 0 Å². The van der Waals surface area contributed by atoms with Gasteiger partial charge in [-0.25, -0.2) is 0 Å². The van der Waals surface area contributed by atoms with Crippen LogP contribution in [-0.4, -0.2) is 5.78 Å². The molecule has 1 aromatic heterocycles. The lowest BCUT2D eigenvalue weighted by Crippen LogP contribution is -1.93. The molecule has 0 atom stereocenters. The maximum atomic E-state index is 11.8. The maximum Gasteiger partial charge on any atom is 0.185 e. The zero-order valence-corrected chi connectivity index (χ0v) is 9.83. The summed E-state index contributed by atoms with van der Waals surface area (Å²) in [7, 11) is 0. The molecule has 2 heteroatoms. The number of aryl methyl sites for hydroxylation is 1. The van der Waals surface area contributed by atoms with E-state index >= 15 is 0 Å². The molecule has 0 aliphatic heterocycles. The van der Waals surface area contributed by atoms with E-state index in [0.29, 0.717) is 0 Å². The van der Waals surface area contributed by atoms with Crippen LogP contribution in [0.5, 0.6) is 0 Å². The SMILES string of the molecule is Cc1ccc(C(=O)C=Cc2ccsc2)cc1. The highest BCUT2D eigenvalue weighted by Crippen LogP contribution is 2.10. The van der Waals surface area contributed by atoms with E-state index in [9.17, 15) is 4.79 Å². The van der Waals surface area contributed by atoms with Crippen LogP contribution in [-0.2, 0) is 0 Å². The zero-order valence-electron chi connectivity index (χ0n) is 9.01. The Balaban J connectivity index is 2.11. The van der Waals surface area contributed by atoms with Crippen molar-refractivity contribution in [2.45, 2.75) is 6.92 Å². The topological polar surface area (TPSA) is 17.1 Å². The van der Waals surface area contributed by atoms with Gasteiger partial charge in [0.2, 0.25) is 0 Å². The van der Waals surface area contributed by atoms with Gasteiger partial charge in [-0.15, -0.1) is 0 Å². The van der Waals surface area contributed by atoms with Crippen molar-refractivity contribution in [1.82, 2.24) is 0 Å². The Bertz CT molecular complexity index is 492. The van der Waals surface area contributed by atoms with Gasteiger partial charge in [0, 0.05) is 5.56 Å². The summed E-state index contributed by atoms with van der Waals surface area (Å²) in [6.07, 6.45) is 3.46. The predicted molar refractivity (Wildman–Crippen MR) is 68.9 cm³/mol. The summed E-state index contributed by atoms with van der Waals surface area (Å²) >= 11 is 1.63. The number of thiophene rings is 1. The van der Waals surface area contributed by atoms with E-state index in [1.165, 1.54) is 5.56 Å². The number of allylic oxidation sites excluding steroid dienone is 1. The molecule has 80 valence electrons.